The third-order valence-corrected chi connectivity index (χ3v) is 3.97. The molecule has 2 aliphatic heterocycles. The summed E-state index contributed by atoms with van der Waals surface area (Å²) in [6.07, 6.45) is 2.33. The summed E-state index contributed by atoms with van der Waals surface area (Å²) in [7, 11) is 0. The number of piperazine rings is 1. The Hall–Kier alpha value is -1.89. The first-order valence-electron chi connectivity index (χ1n) is 8.21. The smallest absolute Gasteiger partial charge is 0.410 e. The lowest BCUT2D eigenvalue weighted by Gasteiger charge is -2.32. The van der Waals surface area contributed by atoms with Crippen molar-refractivity contribution in [1.29, 1.82) is 0 Å². The average molecular weight is 319 g/mol. The molecule has 1 N–H and O–H groups in total. The normalized spacial score (nSPS) is 18.6. The van der Waals surface area contributed by atoms with Gasteiger partial charge in [0.05, 0.1) is 12.2 Å². The van der Waals surface area contributed by atoms with Gasteiger partial charge in [0, 0.05) is 50.9 Å². The fraction of sp³-hybridized carbons (Fsp3) is 0.688. The Bertz CT molecular complexity index is 578. The Balaban J connectivity index is 1.69. The number of nitrogens with one attached hydrogen (secondary N) is 1. The van der Waals surface area contributed by atoms with Gasteiger partial charge in [-0.2, -0.15) is 0 Å². The molecule has 0 aliphatic carbocycles. The fourth-order valence-electron chi connectivity index (χ4n) is 2.81. The summed E-state index contributed by atoms with van der Waals surface area (Å²) >= 11 is 0. The molecule has 126 valence electrons. The lowest BCUT2D eigenvalue weighted by Crippen LogP contribution is -2.44. The highest BCUT2D eigenvalue weighted by atomic mass is 16.6. The number of fused-ring (bicyclic) bond motifs is 1. The number of nitrogens with zero attached hydrogens (tertiary/aromatic N) is 4. The van der Waals surface area contributed by atoms with Crippen molar-refractivity contribution in [2.24, 2.45) is 0 Å². The van der Waals surface area contributed by atoms with Crippen LogP contribution in [0.15, 0.2) is 6.20 Å². The Labute approximate surface area is 137 Å². The summed E-state index contributed by atoms with van der Waals surface area (Å²) in [6.45, 7) is 10.6. The van der Waals surface area contributed by atoms with Crippen molar-refractivity contribution in [3.05, 3.63) is 17.5 Å². The van der Waals surface area contributed by atoms with Gasteiger partial charge in [-0.3, -0.25) is 0 Å². The summed E-state index contributed by atoms with van der Waals surface area (Å²) in [5.41, 5.74) is 1.59. The van der Waals surface area contributed by atoms with Gasteiger partial charge in [0.15, 0.2) is 0 Å². The van der Waals surface area contributed by atoms with Crippen molar-refractivity contribution in [2.75, 3.05) is 37.6 Å². The van der Waals surface area contributed by atoms with Crippen molar-refractivity contribution in [1.82, 2.24) is 20.2 Å². The second-order valence-electron chi connectivity index (χ2n) is 7.03. The van der Waals surface area contributed by atoms with Crippen LogP contribution in [0.2, 0.25) is 0 Å². The van der Waals surface area contributed by atoms with Gasteiger partial charge in [-0.15, -0.1) is 0 Å². The molecule has 0 radical (unpaired) electrons. The molecule has 0 atom stereocenters. The molecule has 1 aromatic heterocycles. The van der Waals surface area contributed by atoms with E-state index in [0.717, 1.165) is 49.8 Å². The number of anilines is 1. The molecular formula is C16H25N5O2. The first kappa shape index (κ1) is 16.0. The SMILES string of the molecule is CC(C)(C)OC(=O)N1CCc2nc(N3CCNCC3)ncc2C1. The third kappa shape index (κ3) is 3.90. The maximum Gasteiger partial charge on any atom is 0.410 e. The van der Waals surface area contributed by atoms with Crippen molar-refractivity contribution in [3.63, 3.8) is 0 Å². The number of rotatable bonds is 1. The molecule has 1 amide bonds. The molecule has 1 aromatic rings. The first-order valence-corrected chi connectivity index (χ1v) is 8.21. The maximum absolute atomic E-state index is 12.2. The van der Waals surface area contributed by atoms with Crippen LogP contribution in [0.3, 0.4) is 0 Å². The van der Waals surface area contributed by atoms with Crippen molar-refractivity contribution in [3.8, 4) is 0 Å². The van der Waals surface area contributed by atoms with Gasteiger partial charge in [-0.05, 0) is 20.8 Å². The zero-order valence-corrected chi connectivity index (χ0v) is 14.1. The predicted molar refractivity (Wildman–Crippen MR) is 87.5 cm³/mol. The van der Waals surface area contributed by atoms with Crippen LogP contribution in [0, 0.1) is 0 Å². The number of carbonyl (C=O) groups excluding carboxylic acids is 1. The molecule has 3 heterocycles. The van der Waals surface area contributed by atoms with E-state index in [2.05, 4.69) is 15.2 Å². The summed E-state index contributed by atoms with van der Waals surface area (Å²) in [6, 6.07) is 0. The van der Waals surface area contributed by atoms with Crippen molar-refractivity contribution < 1.29 is 9.53 Å². The van der Waals surface area contributed by atoms with Crippen LogP contribution in [0.25, 0.3) is 0 Å². The molecule has 3 rings (SSSR count). The van der Waals surface area contributed by atoms with E-state index in [1.54, 1.807) is 4.90 Å². The van der Waals surface area contributed by atoms with Gasteiger partial charge in [0.2, 0.25) is 5.95 Å². The minimum Gasteiger partial charge on any atom is -0.444 e. The van der Waals surface area contributed by atoms with E-state index in [1.165, 1.54) is 0 Å². The molecule has 7 nitrogen and oxygen atoms in total. The molecule has 0 unspecified atom stereocenters. The second-order valence-corrected chi connectivity index (χ2v) is 7.03. The largest absolute Gasteiger partial charge is 0.444 e. The molecule has 7 heteroatoms. The quantitative estimate of drug-likeness (QED) is 0.838. The Morgan fingerprint density at radius 3 is 2.70 bits per heavy atom. The first-order chi connectivity index (χ1) is 10.9. The zero-order chi connectivity index (χ0) is 16.4. The number of hydrogen-bond acceptors (Lipinski definition) is 6. The van der Waals surface area contributed by atoms with E-state index in [0.29, 0.717) is 13.1 Å². The lowest BCUT2D eigenvalue weighted by molar-refractivity contribution is 0.0222. The molecular weight excluding hydrogens is 294 g/mol. The van der Waals surface area contributed by atoms with Crippen LogP contribution in [0.1, 0.15) is 32.0 Å². The second kappa shape index (κ2) is 6.31. The summed E-state index contributed by atoms with van der Waals surface area (Å²) in [4.78, 5) is 25.3. The highest BCUT2D eigenvalue weighted by molar-refractivity contribution is 5.68. The van der Waals surface area contributed by atoms with Gasteiger partial charge >= 0.3 is 6.09 Å². The van der Waals surface area contributed by atoms with Crippen LogP contribution in [-0.4, -0.2) is 59.3 Å². The number of hydrogen-bond donors (Lipinski definition) is 1. The molecule has 23 heavy (non-hydrogen) atoms. The summed E-state index contributed by atoms with van der Waals surface area (Å²) in [5, 5.41) is 3.33. The number of amides is 1. The Morgan fingerprint density at radius 2 is 2.00 bits per heavy atom. The molecule has 0 spiro atoms. The highest BCUT2D eigenvalue weighted by Crippen LogP contribution is 2.21. The maximum atomic E-state index is 12.2. The summed E-state index contributed by atoms with van der Waals surface area (Å²) in [5.74, 6) is 0.802. The minimum atomic E-state index is -0.472. The summed E-state index contributed by atoms with van der Waals surface area (Å²) < 4.78 is 5.44. The Kier molecular flexibility index (Phi) is 4.39. The number of aromatic nitrogens is 2. The Morgan fingerprint density at radius 1 is 1.26 bits per heavy atom. The molecule has 1 fully saturated rings. The fourth-order valence-corrected chi connectivity index (χ4v) is 2.81. The van der Waals surface area contributed by atoms with Crippen molar-refractivity contribution >= 4 is 12.0 Å². The van der Waals surface area contributed by atoms with Crippen LogP contribution < -0.4 is 10.2 Å². The standard InChI is InChI=1S/C16H25N5O2/c1-16(2,3)23-15(22)21-7-4-13-12(11-21)10-18-14(19-13)20-8-5-17-6-9-20/h10,17H,4-9,11H2,1-3H3. The monoisotopic (exact) mass is 319 g/mol. The van der Waals surface area contributed by atoms with E-state index in [-0.39, 0.29) is 6.09 Å². The van der Waals surface area contributed by atoms with Gasteiger partial charge in [-0.25, -0.2) is 14.8 Å². The van der Waals surface area contributed by atoms with Gasteiger partial charge in [0.25, 0.3) is 0 Å². The van der Waals surface area contributed by atoms with E-state index < -0.39 is 5.60 Å². The van der Waals surface area contributed by atoms with Gasteiger partial charge in [0.1, 0.15) is 5.60 Å². The zero-order valence-electron chi connectivity index (χ0n) is 14.1. The molecule has 1 saturated heterocycles. The number of carbonyl (C=O) groups is 1. The van der Waals surface area contributed by atoms with Crippen LogP contribution in [0.5, 0.6) is 0 Å². The third-order valence-electron chi connectivity index (χ3n) is 3.97. The van der Waals surface area contributed by atoms with Crippen LogP contribution >= 0.6 is 0 Å². The van der Waals surface area contributed by atoms with Gasteiger partial charge < -0.3 is 19.9 Å². The highest BCUT2D eigenvalue weighted by Gasteiger charge is 2.27. The van der Waals surface area contributed by atoms with Gasteiger partial charge in [-0.1, -0.05) is 0 Å². The minimum absolute atomic E-state index is 0.269. The average Bonchev–Trinajstić information content (AvgIpc) is 2.53. The molecule has 0 saturated carbocycles. The molecule has 2 aliphatic rings. The molecule has 0 bridgehead atoms. The van der Waals surface area contributed by atoms with Crippen molar-refractivity contribution in [2.45, 2.75) is 39.3 Å². The van der Waals surface area contributed by atoms with E-state index in [9.17, 15) is 4.79 Å². The van der Waals surface area contributed by atoms with Crippen LogP contribution in [0.4, 0.5) is 10.7 Å². The predicted octanol–water partition coefficient (Wildman–Crippen LogP) is 1.18. The van der Waals surface area contributed by atoms with E-state index in [1.807, 2.05) is 27.0 Å². The topological polar surface area (TPSA) is 70.6 Å². The number of ether oxygens (including phenoxy) is 1. The van der Waals surface area contributed by atoms with E-state index in [4.69, 9.17) is 9.72 Å². The van der Waals surface area contributed by atoms with Crippen LogP contribution in [-0.2, 0) is 17.7 Å². The molecule has 0 aromatic carbocycles. The van der Waals surface area contributed by atoms with E-state index >= 15 is 0 Å². The lowest BCUT2D eigenvalue weighted by atomic mass is 10.1.